The number of pyridine rings is 1. The molecule has 2 heterocycles. The summed E-state index contributed by atoms with van der Waals surface area (Å²) < 4.78 is 50.3. The van der Waals surface area contributed by atoms with E-state index in [2.05, 4.69) is 10.3 Å². The molecule has 3 rings (SSSR count). The number of rotatable bonds is 3. The first-order valence-corrected chi connectivity index (χ1v) is 9.18. The largest absolute Gasteiger partial charge is 0.494 e. The summed E-state index contributed by atoms with van der Waals surface area (Å²) in [5.74, 6) is -0.904. The highest BCUT2D eigenvalue weighted by Gasteiger charge is 2.51. The second kappa shape index (κ2) is 7.30. The molecule has 29 heavy (non-hydrogen) atoms. The lowest BCUT2D eigenvalue weighted by Gasteiger charge is -2.32. The molecule has 0 spiro atoms. The van der Waals surface area contributed by atoms with Gasteiger partial charge in [0.1, 0.15) is 5.82 Å². The van der Waals surface area contributed by atoms with E-state index < -0.39 is 36.0 Å². The second-order valence-corrected chi connectivity index (χ2v) is 8.12. The smallest absolute Gasteiger partial charge is 0.399 e. The van der Waals surface area contributed by atoms with E-state index in [1.807, 2.05) is 27.7 Å². The van der Waals surface area contributed by atoms with Crippen molar-refractivity contribution in [3.8, 4) is 0 Å². The minimum absolute atomic E-state index is 0.0890. The Balaban J connectivity index is 1.78. The molecule has 0 bridgehead atoms. The van der Waals surface area contributed by atoms with Gasteiger partial charge in [-0.3, -0.25) is 4.79 Å². The number of hydrogen-bond acceptors (Lipinski definition) is 4. The maximum atomic E-state index is 12.8. The number of benzene rings is 1. The summed E-state index contributed by atoms with van der Waals surface area (Å²) in [6.45, 7) is 7.66. The van der Waals surface area contributed by atoms with Crippen molar-refractivity contribution in [2.24, 2.45) is 0 Å². The number of halogens is 4. The van der Waals surface area contributed by atoms with Gasteiger partial charge >= 0.3 is 13.3 Å². The van der Waals surface area contributed by atoms with Gasteiger partial charge in [-0.1, -0.05) is 17.7 Å². The van der Waals surface area contributed by atoms with E-state index in [1.54, 1.807) is 6.07 Å². The van der Waals surface area contributed by atoms with E-state index in [0.717, 1.165) is 18.3 Å². The zero-order valence-electron chi connectivity index (χ0n) is 16.2. The van der Waals surface area contributed by atoms with Crippen LogP contribution in [-0.4, -0.2) is 29.2 Å². The highest BCUT2D eigenvalue weighted by Crippen LogP contribution is 2.36. The van der Waals surface area contributed by atoms with Crippen molar-refractivity contribution in [3.63, 3.8) is 0 Å². The fraction of sp³-hybridized carbons (Fsp3) is 0.368. The molecule has 0 saturated carbocycles. The maximum Gasteiger partial charge on any atom is 0.494 e. The predicted octanol–water partition coefficient (Wildman–Crippen LogP) is 4.31. The first-order valence-electron chi connectivity index (χ1n) is 8.80. The van der Waals surface area contributed by atoms with Gasteiger partial charge in [0.15, 0.2) is 0 Å². The molecular weight excluding hydrogens is 407 g/mol. The van der Waals surface area contributed by atoms with Crippen LogP contribution in [0.15, 0.2) is 36.5 Å². The van der Waals surface area contributed by atoms with E-state index >= 15 is 0 Å². The number of carbonyl (C=O) groups excluding carboxylic acids is 1. The third-order valence-electron chi connectivity index (χ3n) is 5.09. The van der Waals surface area contributed by atoms with Gasteiger partial charge in [0.25, 0.3) is 5.91 Å². The summed E-state index contributed by atoms with van der Waals surface area (Å²) >= 11 is 6.24. The van der Waals surface area contributed by atoms with Gasteiger partial charge in [0, 0.05) is 6.20 Å². The molecule has 1 saturated heterocycles. The summed E-state index contributed by atoms with van der Waals surface area (Å²) in [6.07, 6.45) is -3.56. The first-order chi connectivity index (χ1) is 13.3. The molecule has 0 unspecified atom stereocenters. The quantitative estimate of drug-likeness (QED) is 0.743. The van der Waals surface area contributed by atoms with E-state index in [-0.39, 0.29) is 16.4 Å². The molecule has 154 valence electrons. The molecule has 1 aromatic heterocycles. The van der Waals surface area contributed by atoms with Gasteiger partial charge in [-0.2, -0.15) is 13.2 Å². The van der Waals surface area contributed by atoms with Gasteiger partial charge in [-0.15, -0.1) is 0 Å². The van der Waals surface area contributed by atoms with Crippen molar-refractivity contribution in [2.75, 3.05) is 5.32 Å². The molecule has 0 aliphatic carbocycles. The summed E-state index contributed by atoms with van der Waals surface area (Å²) in [7, 11) is -0.653. The molecule has 2 aromatic rings. The standard InChI is InChI=1S/C19H19BClF3N2O3/c1-17(2)18(3,4)29-20(28-17)12-5-6-13(14(21)10-12)16(27)26-15-9-11(7-8-25-15)19(22,23)24/h5-10H,1-4H3,(H,25,26,27). The molecule has 0 atom stereocenters. The Bertz CT molecular complexity index is 935. The average Bonchev–Trinajstić information content (AvgIpc) is 2.82. The molecule has 1 aliphatic heterocycles. The lowest BCUT2D eigenvalue weighted by Crippen LogP contribution is -2.41. The van der Waals surface area contributed by atoms with Gasteiger partial charge in [0.2, 0.25) is 0 Å². The van der Waals surface area contributed by atoms with Crippen LogP contribution in [0.25, 0.3) is 0 Å². The van der Waals surface area contributed by atoms with Crippen molar-refractivity contribution in [2.45, 2.75) is 45.1 Å². The van der Waals surface area contributed by atoms with Crippen LogP contribution in [0.4, 0.5) is 19.0 Å². The normalized spacial score (nSPS) is 18.0. The van der Waals surface area contributed by atoms with Gasteiger partial charge in [-0.05, 0) is 57.4 Å². The Labute approximate surface area is 171 Å². The van der Waals surface area contributed by atoms with Gasteiger partial charge < -0.3 is 14.6 Å². The second-order valence-electron chi connectivity index (χ2n) is 7.71. The van der Waals surface area contributed by atoms with Crippen molar-refractivity contribution < 1.29 is 27.3 Å². The van der Waals surface area contributed by atoms with E-state index in [1.165, 1.54) is 12.1 Å². The van der Waals surface area contributed by atoms with E-state index in [9.17, 15) is 18.0 Å². The first kappa shape index (κ1) is 21.6. The number of hydrogen-bond donors (Lipinski definition) is 1. The molecule has 1 fully saturated rings. The zero-order chi connectivity index (χ0) is 21.6. The summed E-state index contributed by atoms with van der Waals surface area (Å²) in [5.41, 5.74) is -1.26. The number of nitrogens with zero attached hydrogens (tertiary/aromatic N) is 1. The van der Waals surface area contributed by atoms with E-state index in [4.69, 9.17) is 20.9 Å². The fourth-order valence-corrected chi connectivity index (χ4v) is 2.97. The van der Waals surface area contributed by atoms with E-state index in [0.29, 0.717) is 5.46 Å². The molecule has 0 radical (unpaired) electrons. The third-order valence-corrected chi connectivity index (χ3v) is 5.40. The summed E-state index contributed by atoms with van der Waals surface area (Å²) in [6, 6.07) is 6.21. The summed E-state index contributed by atoms with van der Waals surface area (Å²) in [5, 5.41) is 2.44. The Morgan fingerprint density at radius 3 is 2.28 bits per heavy atom. The average molecular weight is 427 g/mol. The minimum atomic E-state index is -4.54. The van der Waals surface area contributed by atoms with Crippen molar-refractivity contribution in [3.05, 3.63) is 52.7 Å². The topological polar surface area (TPSA) is 60.5 Å². The van der Waals surface area contributed by atoms with Crippen molar-refractivity contribution in [1.29, 1.82) is 0 Å². The molecule has 5 nitrogen and oxygen atoms in total. The Hall–Kier alpha value is -2.10. The van der Waals surface area contributed by atoms with Crippen LogP contribution in [0.1, 0.15) is 43.6 Å². The predicted molar refractivity (Wildman–Crippen MR) is 104 cm³/mol. The zero-order valence-corrected chi connectivity index (χ0v) is 17.0. The number of alkyl halides is 3. The molecule has 1 aliphatic rings. The lowest BCUT2D eigenvalue weighted by molar-refractivity contribution is -0.137. The highest BCUT2D eigenvalue weighted by atomic mass is 35.5. The van der Waals surface area contributed by atoms with Crippen LogP contribution in [0, 0.1) is 0 Å². The molecule has 1 N–H and O–H groups in total. The minimum Gasteiger partial charge on any atom is -0.399 e. The maximum absolute atomic E-state index is 12.8. The number of carbonyl (C=O) groups is 1. The third kappa shape index (κ3) is 4.41. The van der Waals surface area contributed by atoms with Gasteiger partial charge in [-0.25, -0.2) is 4.98 Å². The van der Waals surface area contributed by atoms with Crippen LogP contribution in [0.5, 0.6) is 0 Å². The van der Waals surface area contributed by atoms with Gasteiger partial charge in [0.05, 0.1) is 27.4 Å². The lowest BCUT2D eigenvalue weighted by atomic mass is 9.79. The number of amides is 1. The van der Waals surface area contributed by atoms with Crippen LogP contribution in [0.2, 0.25) is 5.02 Å². The molecule has 10 heteroatoms. The van der Waals surface area contributed by atoms with Crippen LogP contribution >= 0.6 is 11.6 Å². The summed E-state index contributed by atoms with van der Waals surface area (Å²) in [4.78, 5) is 16.2. The number of nitrogens with one attached hydrogen (secondary N) is 1. The molecular formula is C19H19BClF3N2O3. The molecule has 1 amide bonds. The Morgan fingerprint density at radius 2 is 1.72 bits per heavy atom. The molecule has 1 aromatic carbocycles. The van der Waals surface area contributed by atoms with Crippen LogP contribution in [0.3, 0.4) is 0 Å². The number of anilines is 1. The SMILES string of the molecule is CC1(C)OB(c2ccc(C(=O)Nc3cc(C(F)(F)F)ccn3)c(Cl)c2)OC1(C)C. The Morgan fingerprint density at radius 1 is 1.10 bits per heavy atom. The fourth-order valence-electron chi connectivity index (χ4n) is 2.70. The van der Waals surface area contributed by atoms with Crippen LogP contribution < -0.4 is 10.8 Å². The monoisotopic (exact) mass is 426 g/mol. The van der Waals surface area contributed by atoms with Crippen molar-refractivity contribution >= 4 is 35.9 Å². The van der Waals surface area contributed by atoms with Crippen molar-refractivity contribution in [1.82, 2.24) is 4.98 Å². The number of aromatic nitrogens is 1. The van der Waals surface area contributed by atoms with Crippen LogP contribution in [-0.2, 0) is 15.5 Å². The highest BCUT2D eigenvalue weighted by molar-refractivity contribution is 6.62. The Kier molecular flexibility index (Phi) is 5.44.